The molecule has 1 heterocycles. The number of hydrogen-bond donors (Lipinski definition) is 1. The molecule has 3 aromatic carbocycles. The molecule has 0 aliphatic carbocycles. The van der Waals surface area contributed by atoms with Gasteiger partial charge in [0.15, 0.2) is 0 Å². The molecule has 0 fully saturated rings. The number of nitrogens with zero attached hydrogens (tertiary/aromatic N) is 1. The Morgan fingerprint density at radius 1 is 0.931 bits per heavy atom. The van der Waals surface area contributed by atoms with Crippen molar-refractivity contribution in [1.82, 2.24) is 0 Å². The molecule has 1 amide bonds. The average molecular weight is 396 g/mol. The summed E-state index contributed by atoms with van der Waals surface area (Å²) in [4.78, 5) is 14.8. The van der Waals surface area contributed by atoms with Crippen LogP contribution in [0.1, 0.15) is 34.3 Å². The van der Waals surface area contributed by atoms with E-state index in [0.29, 0.717) is 11.3 Å². The maximum absolute atomic E-state index is 13.3. The van der Waals surface area contributed by atoms with Crippen molar-refractivity contribution in [3.63, 3.8) is 0 Å². The van der Waals surface area contributed by atoms with E-state index in [4.69, 9.17) is 0 Å². The summed E-state index contributed by atoms with van der Waals surface area (Å²) in [6.45, 7) is 1.95. The molecular formula is C23H19F3N2O. The predicted octanol–water partition coefficient (Wildman–Crippen LogP) is 5.91. The monoisotopic (exact) mass is 396 g/mol. The van der Waals surface area contributed by atoms with Crippen molar-refractivity contribution in [3.05, 3.63) is 95.6 Å². The number of alkyl halides is 3. The zero-order valence-corrected chi connectivity index (χ0v) is 15.6. The molecule has 0 saturated heterocycles. The highest BCUT2D eigenvalue weighted by atomic mass is 19.4. The quantitative estimate of drug-likeness (QED) is 0.597. The molecule has 0 unspecified atom stereocenters. The second kappa shape index (κ2) is 7.28. The minimum absolute atomic E-state index is 0.164. The number of halogens is 3. The number of rotatable bonds is 3. The first-order chi connectivity index (χ1) is 13.9. The fraction of sp³-hybridized carbons (Fsp3) is 0.174. The van der Waals surface area contributed by atoms with Crippen molar-refractivity contribution in [2.45, 2.75) is 25.2 Å². The molecule has 1 N–H and O–H groups in total. The fourth-order valence-electron chi connectivity index (χ4n) is 3.67. The molecular weight excluding hydrogens is 377 g/mol. The van der Waals surface area contributed by atoms with E-state index in [-0.39, 0.29) is 17.5 Å². The summed E-state index contributed by atoms with van der Waals surface area (Å²) < 4.78 is 39.8. The molecule has 3 nitrogen and oxygen atoms in total. The minimum Gasteiger partial charge on any atom is -0.364 e. The molecule has 0 saturated carbocycles. The second-order valence-electron chi connectivity index (χ2n) is 7.06. The Labute approximate surface area is 166 Å². The highest BCUT2D eigenvalue weighted by molar-refractivity contribution is 6.12. The van der Waals surface area contributed by atoms with Crippen LogP contribution in [0.25, 0.3) is 0 Å². The van der Waals surface area contributed by atoms with Crippen LogP contribution >= 0.6 is 0 Å². The third-order valence-corrected chi connectivity index (χ3v) is 5.21. The van der Waals surface area contributed by atoms with Gasteiger partial charge in [-0.25, -0.2) is 0 Å². The van der Waals surface area contributed by atoms with E-state index in [9.17, 15) is 18.0 Å². The molecule has 0 spiro atoms. The molecule has 0 radical (unpaired) electrons. The summed E-state index contributed by atoms with van der Waals surface area (Å²) in [6, 6.07) is 21.5. The van der Waals surface area contributed by atoms with Gasteiger partial charge in [0.1, 0.15) is 6.17 Å². The van der Waals surface area contributed by atoms with Gasteiger partial charge in [0.25, 0.3) is 5.91 Å². The van der Waals surface area contributed by atoms with Gasteiger partial charge in [-0.05, 0) is 35.9 Å². The molecule has 29 heavy (non-hydrogen) atoms. The summed E-state index contributed by atoms with van der Waals surface area (Å²) in [7, 11) is 0. The fourth-order valence-corrected chi connectivity index (χ4v) is 3.67. The molecule has 3 aromatic rings. The number of hydrogen-bond acceptors (Lipinski definition) is 2. The second-order valence-corrected chi connectivity index (χ2v) is 7.06. The first-order valence-corrected chi connectivity index (χ1v) is 9.27. The normalized spacial score (nSPS) is 17.4. The third kappa shape index (κ3) is 3.58. The van der Waals surface area contributed by atoms with Gasteiger partial charge in [0.05, 0.1) is 11.1 Å². The Hall–Kier alpha value is -3.28. The van der Waals surface area contributed by atoms with E-state index in [1.807, 2.05) is 43.3 Å². The number of fused-ring (bicyclic) bond motifs is 1. The van der Waals surface area contributed by atoms with Crippen molar-refractivity contribution < 1.29 is 18.0 Å². The van der Waals surface area contributed by atoms with Crippen molar-refractivity contribution in [2.24, 2.45) is 0 Å². The topological polar surface area (TPSA) is 32.3 Å². The lowest BCUT2D eigenvalue weighted by Crippen LogP contribution is -2.51. The van der Waals surface area contributed by atoms with Crippen LogP contribution in [0.2, 0.25) is 0 Å². The van der Waals surface area contributed by atoms with Crippen molar-refractivity contribution in [2.75, 3.05) is 10.2 Å². The zero-order valence-electron chi connectivity index (χ0n) is 15.6. The van der Waals surface area contributed by atoms with Gasteiger partial charge in [-0.15, -0.1) is 0 Å². The largest absolute Gasteiger partial charge is 0.416 e. The van der Waals surface area contributed by atoms with Crippen LogP contribution in [0.15, 0.2) is 78.9 Å². The number of benzene rings is 3. The maximum Gasteiger partial charge on any atom is 0.416 e. The molecule has 1 aliphatic heterocycles. The number of amides is 1. The smallest absolute Gasteiger partial charge is 0.364 e. The number of para-hydroxylation sites is 1. The van der Waals surface area contributed by atoms with Crippen molar-refractivity contribution >= 4 is 17.3 Å². The van der Waals surface area contributed by atoms with Gasteiger partial charge < -0.3 is 5.32 Å². The zero-order chi connectivity index (χ0) is 20.6. The molecule has 0 bridgehead atoms. The Morgan fingerprint density at radius 2 is 1.62 bits per heavy atom. The predicted molar refractivity (Wildman–Crippen MR) is 107 cm³/mol. The molecule has 1 aliphatic rings. The van der Waals surface area contributed by atoms with Crippen LogP contribution in [-0.2, 0) is 6.18 Å². The van der Waals surface area contributed by atoms with E-state index in [1.54, 1.807) is 18.2 Å². The summed E-state index contributed by atoms with van der Waals surface area (Å²) >= 11 is 0. The standard InChI is InChI=1S/C23H19F3N2O/c1-15(16-8-3-2-4-9-16)21-27-20-13-6-5-12-19(20)22(29)28(21)18-11-7-10-17(14-18)23(24,25)26/h2-15,21,27H,1H3/t15-,21+/m1/s1. The van der Waals surface area contributed by atoms with Crippen LogP contribution in [-0.4, -0.2) is 12.1 Å². The molecule has 148 valence electrons. The van der Waals surface area contributed by atoms with Crippen LogP contribution in [0.3, 0.4) is 0 Å². The van der Waals surface area contributed by atoms with Crippen LogP contribution in [0.5, 0.6) is 0 Å². The van der Waals surface area contributed by atoms with Gasteiger partial charge in [0, 0.05) is 17.3 Å². The van der Waals surface area contributed by atoms with Gasteiger partial charge in [0.2, 0.25) is 0 Å². The number of nitrogens with one attached hydrogen (secondary N) is 1. The van der Waals surface area contributed by atoms with Crippen molar-refractivity contribution in [3.8, 4) is 0 Å². The van der Waals surface area contributed by atoms with E-state index in [0.717, 1.165) is 17.7 Å². The van der Waals surface area contributed by atoms with Gasteiger partial charge in [-0.3, -0.25) is 9.69 Å². The Kier molecular flexibility index (Phi) is 4.78. The first kappa shape index (κ1) is 19.1. The Bertz CT molecular complexity index is 1030. The first-order valence-electron chi connectivity index (χ1n) is 9.27. The van der Waals surface area contributed by atoms with Crippen molar-refractivity contribution in [1.29, 1.82) is 0 Å². The SMILES string of the molecule is C[C@H](c1ccccc1)[C@H]1Nc2ccccc2C(=O)N1c1cccc(C(F)(F)F)c1. The minimum atomic E-state index is -4.49. The summed E-state index contributed by atoms with van der Waals surface area (Å²) in [5.74, 6) is -0.491. The highest BCUT2D eigenvalue weighted by Gasteiger charge is 2.38. The van der Waals surface area contributed by atoms with E-state index in [1.165, 1.54) is 17.0 Å². The lowest BCUT2D eigenvalue weighted by Gasteiger charge is -2.41. The Morgan fingerprint density at radius 3 is 2.34 bits per heavy atom. The van der Waals surface area contributed by atoms with E-state index >= 15 is 0 Å². The maximum atomic E-state index is 13.3. The molecule has 2 atom stereocenters. The van der Waals surface area contributed by atoms with Gasteiger partial charge in [-0.1, -0.05) is 55.5 Å². The number of carbonyl (C=O) groups is 1. The molecule has 6 heteroatoms. The van der Waals surface area contributed by atoms with Crippen LogP contribution in [0, 0.1) is 0 Å². The third-order valence-electron chi connectivity index (χ3n) is 5.21. The number of anilines is 2. The molecule has 4 rings (SSSR count). The van der Waals surface area contributed by atoms with Crippen LogP contribution < -0.4 is 10.2 Å². The summed E-state index contributed by atoms with van der Waals surface area (Å²) in [6.07, 6.45) is -5.02. The van der Waals surface area contributed by atoms with E-state index in [2.05, 4.69) is 5.32 Å². The van der Waals surface area contributed by atoms with Crippen LogP contribution in [0.4, 0.5) is 24.5 Å². The number of carbonyl (C=O) groups excluding carboxylic acids is 1. The lowest BCUT2D eigenvalue weighted by atomic mass is 9.93. The highest BCUT2D eigenvalue weighted by Crippen LogP contribution is 2.37. The molecule has 0 aromatic heterocycles. The summed E-state index contributed by atoms with van der Waals surface area (Å²) in [5.41, 5.74) is 1.51. The summed E-state index contributed by atoms with van der Waals surface area (Å²) in [5, 5.41) is 3.36. The average Bonchev–Trinajstić information content (AvgIpc) is 2.73. The van der Waals surface area contributed by atoms with E-state index < -0.39 is 17.9 Å². The Balaban J connectivity index is 1.83. The lowest BCUT2D eigenvalue weighted by molar-refractivity contribution is -0.137. The van der Waals surface area contributed by atoms with Gasteiger partial charge >= 0.3 is 6.18 Å². The van der Waals surface area contributed by atoms with Gasteiger partial charge in [-0.2, -0.15) is 13.2 Å².